The van der Waals surface area contributed by atoms with Crippen LogP contribution in [0.4, 0.5) is 0 Å². The first-order chi connectivity index (χ1) is 14.6. The number of carbonyl (C=O) groups is 1. The van der Waals surface area contributed by atoms with Crippen molar-refractivity contribution in [1.29, 1.82) is 0 Å². The lowest BCUT2D eigenvalue weighted by Gasteiger charge is -2.07. The molecule has 2 aromatic heterocycles. The summed E-state index contributed by atoms with van der Waals surface area (Å²) < 4.78 is 33.6. The first-order valence-electron chi connectivity index (χ1n) is 8.92. The molecule has 2 aromatic carbocycles. The Morgan fingerprint density at radius 3 is 2.58 bits per heavy atom. The van der Waals surface area contributed by atoms with Crippen LogP contribution in [0.2, 0.25) is 10.0 Å². The first kappa shape index (κ1) is 22.4. The van der Waals surface area contributed by atoms with Gasteiger partial charge in [-0.2, -0.15) is 0 Å². The fourth-order valence-electron chi connectivity index (χ4n) is 3.16. The number of sulfonamides is 1. The summed E-state index contributed by atoms with van der Waals surface area (Å²) in [7, 11) is -3.97. The van der Waals surface area contributed by atoms with Gasteiger partial charge in [0.05, 0.1) is 3.79 Å². The fraction of sp³-hybridized carbons (Fsp3) is 0.0952. The summed E-state index contributed by atoms with van der Waals surface area (Å²) in [6, 6.07) is 13.1. The van der Waals surface area contributed by atoms with E-state index in [4.69, 9.17) is 27.6 Å². The minimum atomic E-state index is -3.97. The summed E-state index contributed by atoms with van der Waals surface area (Å²) in [5.41, 5.74) is 2.52. The van der Waals surface area contributed by atoms with E-state index in [1.807, 2.05) is 13.0 Å². The molecule has 1 N–H and O–H groups in total. The highest BCUT2D eigenvalue weighted by atomic mass is 79.9. The summed E-state index contributed by atoms with van der Waals surface area (Å²) in [6.07, 6.45) is 0.474. The van der Waals surface area contributed by atoms with E-state index in [0.29, 0.717) is 37.0 Å². The number of halogens is 3. The highest BCUT2D eigenvalue weighted by Gasteiger charge is 2.22. The van der Waals surface area contributed by atoms with Crippen LogP contribution >= 0.6 is 50.5 Å². The molecule has 0 bridgehead atoms. The van der Waals surface area contributed by atoms with Crippen LogP contribution in [0, 0.1) is 6.92 Å². The molecule has 0 atom stereocenters. The highest BCUT2D eigenvalue weighted by molar-refractivity contribution is 9.11. The van der Waals surface area contributed by atoms with E-state index in [0.717, 1.165) is 22.5 Å². The van der Waals surface area contributed by atoms with E-state index >= 15 is 0 Å². The van der Waals surface area contributed by atoms with E-state index in [9.17, 15) is 13.2 Å². The lowest BCUT2D eigenvalue weighted by molar-refractivity contribution is 0.0981. The van der Waals surface area contributed by atoms with Crippen molar-refractivity contribution >= 4 is 77.4 Å². The molecule has 0 aliphatic rings. The molecule has 1 amide bonds. The quantitative estimate of drug-likeness (QED) is 0.300. The van der Waals surface area contributed by atoms with Crippen LogP contribution in [0.25, 0.3) is 11.0 Å². The topological polar surface area (TPSA) is 76.4 Å². The molecule has 10 heteroatoms. The molecule has 160 valence electrons. The summed E-state index contributed by atoms with van der Waals surface area (Å²) >= 11 is 16.5. The van der Waals surface area contributed by atoms with Gasteiger partial charge < -0.3 is 4.42 Å². The number of furan rings is 1. The van der Waals surface area contributed by atoms with E-state index < -0.39 is 15.9 Å². The molecule has 0 aliphatic carbocycles. The van der Waals surface area contributed by atoms with Crippen molar-refractivity contribution in [3.8, 4) is 0 Å². The number of aryl methyl sites for hydroxylation is 1. The number of hydrogen-bond donors (Lipinski definition) is 1. The summed E-state index contributed by atoms with van der Waals surface area (Å²) in [5.74, 6) is -0.0321. The second-order valence-electron chi connectivity index (χ2n) is 6.75. The monoisotopic (exact) mass is 557 g/mol. The summed E-state index contributed by atoms with van der Waals surface area (Å²) in [5, 5.41) is 1.79. The second kappa shape index (κ2) is 8.60. The molecule has 0 spiro atoms. The van der Waals surface area contributed by atoms with Crippen molar-refractivity contribution in [2.75, 3.05) is 0 Å². The van der Waals surface area contributed by atoms with Gasteiger partial charge in [0.2, 0.25) is 0 Å². The molecule has 5 nitrogen and oxygen atoms in total. The fourth-order valence-corrected chi connectivity index (χ4v) is 6.62. The average Bonchev–Trinajstić information content (AvgIpc) is 3.27. The number of benzene rings is 2. The van der Waals surface area contributed by atoms with Gasteiger partial charge in [-0.05, 0) is 70.9 Å². The minimum absolute atomic E-state index is 0.0472. The predicted octanol–water partition coefficient (Wildman–Crippen LogP) is 6.58. The zero-order valence-electron chi connectivity index (χ0n) is 15.9. The SMILES string of the molecule is Cc1oc2ccc(C(=O)NS(=O)(=O)c3ccc(Br)s3)cc2c1Cc1ccc(Cl)cc1Cl. The Kier molecular flexibility index (Phi) is 6.20. The Morgan fingerprint density at radius 2 is 1.90 bits per heavy atom. The van der Waals surface area contributed by atoms with Gasteiger partial charge in [-0.25, -0.2) is 13.1 Å². The Balaban J connectivity index is 1.67. The molecule has 4 aromatic rings. The van der Waals surface area contributed by atoms with Gasteiger partial charge in [0.25, 0.3) is 15.9 Å². The highest BCUT2D eigenvalue weighted by Crippen LogP contribution is 2.32. The number of nitrogens with one attached hydrogen (secondary N) is 1. The van der Waals surface area contributed by atoms with Crippen molar-refractivity contribution in [3.05, 3.63) is 84.8 Å². The van der Waals surface area contributed by atoms with Crippen LogP contribution in [0.3, 0.4) is 0 Å². The molecular formula is C21H14BrCl2NO4S2. The van der Waals surface area contributed by atoms with Gasteiger partial charge in [0, 0.05) is 33.0 Å². The number of fused-ring (bicyclic) bond motifs is 1. The minimum Gasteiger partial charge on any atom is -0.461 e. The second-order valence-corrected chi connectivity index (χ2v) is 12.0. The lowest BCUT2D eigenvalue weighted by atomic mass is 10.0. The van der Waals surface area contributed by atoms with E-state index in [-0.39, 0.29) is 9.77 Å². The number of rotatable bonds is 5. The molecular weight excluding hydrogens is 545 g/mol. The van der Waals surface area contributed by atoms with Crippen LogP contribution in [0.1, 0.15) is 27.2 Å². The third-order valence-corrected chi connectivity index (χ3v) is 8.71. The van der Waals surface area contributed by atoms with E-state index in [1.54, 1.807) is 30.3 Å². The molecule has 0 saturated heterocycles. The molecule has 2 heterocycles. The van der Waals surface area contributed by atoms with Crippen LogP contribution in [0.5, 0.6) is 0 Å². The van der Waals surface area contributed by atoms with Gasteiger partial charge in [-0.3, -0.25) is 4.79 Å². The zero-order valence-corrected chi connectivity index (χ0v) is 20.6. The summed E-state index contributed by atoms with van der Waals surface area (Å²) in [6.45, 7) is 1.83. The third kappa shape index (κ3) is 4.68. The third-order valence-electron chi connectivity index (χ3n) is 4.68. The lowest BCUT2D eigenvalue weighted by Crippen LogP contribution is -2.30. The standard InChI is InChI=1S/C21H14BrCl2NO4S2/c1-11-15(8-12-2-4-14(23)10-17(12)24)16-9-13(3-5-18(16)29-11)21(26)25-31(27,28)20-7-6-19(22)30-20/h2-7,9-10H,8H2,1H3,(H,25,26). The Hall–Kier alpha value is -1.84. The van der Waals surface area contributed by atoms with Crippen LogP contribution in [-0.4, -0.2) is 14.3 Å². The molecule has 0 aliphatic heterocycles. The normalized spacial score (nSPS) is 11.7. The Labute approximate surface area is 201 Å². The number of thiophene rings is 1. The van der Waals surface area contributed by atoms with Gasteiger partial charge in [0.15, 0.2) is 0 Å². The first-order valence-corrected chi connectivity index (χ1v) is 12.8. The zero-order chi connectivity index (χ0) is 22.3. The maximum atomic E-state index is 12.7. The largest absolute Gasteiger partial charge is 0.461 e. The van der Waals surface area contributed by atoms with Crippen molar-refractivity contribution in [1.82, 2.24) is 4.72 Å². The molecule has 31 heavy (non-hydrogen) atoms. The number of carbonyl (C=O) groups excluding carboxylic acids is 1. The van der Waals surface area contributed by atoms with Crippen molar-refractivity contribution in [2.24, 2.45) is 0 Å². The maximum absolute atomic E-state index is 12.7. The smallest absolute Gasteiger partial charge is 0.273 e. The molecule has 0 radical (unpaired) electrons. The van der Waals surface area contributed by atoms with Gasteiger partial charge >= 0.3 is 0 Å². The van der Waals surface area contributed by atoms with Crippen LogP contribution in [0.15, 0.2) is 60.9 Å². The van der Waals surface area contributed by atoms with Gasteiger partial charge in [-0.15, -0.1) is 11.3 Å². The Bertz CT molecular complexity index is 1430. The molecule has 4 rings (SSSR count). The van der Waals surface area contributed by atoms with E-state index in [2.05, 4.69) is 20.7 Å². The maximum Gasteiger partial charge on any atom is 0.273 e. The molecule has 0 saturated carbocycles. The molecule has 0 fully saturated rings. The van der Waals surface area contributed by atoms with Crippen molar-refractivity contribution in [3.63, 3.8) is 0 Å². The van der Waals surface area contributed by atoms with Gasteiger partial charge in [0.1, 0.15) is 15.6 Å². The van der Waals surface area contributed by atoms with E-state index in [1.165, 1.54) is 12.1 Å². The van der Waals surface area contributed by atoms with Gasteiger partial charge in [-0.1, -0.05) is 29.3 Å². The number of hydrogen-bond acceptors (Lipinski definition) is 5. The van der Waals surface area contributed by atoms with Crippen molar-refractivity contribution in [2.45, 2.75) is 17.6 Å². The number of amides is 1. The Morgan fingerprint density at radius 1 is 1.13 bits per heavy atom. The van der Waals surface area contributed by atoms with Crippen LogP contribution in [-0.2, 0) is 16.4 Å². The summed E-state index contributed by atoms with van der Waals surface area (Å²) in [4.78, 5) is 12.7. The van der Waals surface area contributed by atoms with Crippen molar-refractivity contribution < 1.29 is 17.6 Å². The van der Waals surface area contributed by atoms with Crippen LogP contribution < -0.4 is 4.72 Å². The molecule has 0 unspecified atom stereocenters. The average molecular weight is 559 g/mol. The predicted molar refractivity (Wildman–Crippen MR) is 127 cm³/mol.